The first-order valence-corrected chi connectivity index (χ1v) is 11.4. The van der Waals surface area contributed by atoms with Crippen LogP contribution < -0.4 is 9.62 Å². The third-order valence-corrected chi connectivity index (χ3v) is 6.77. The molecule has 35 heavy (non-hydrogen) atoms. The lowest BCUT2D eigenvalue weighted by Crippen LogP contribution is -2.38. The summed E-state index contributed by atoms with van der Waals surface area (Å²) >= 11 is 5.86. The van der Waals surface area contributed by atoms with Gasteiger partial charge in [-0.05, 0) is 48.5 Å². The van der Waals surface area contributed by atoms with E-state index in [0.29, 0.717) is 22.5 Å². The van der Waals surface area contributed by atoms with E-state index in [0.717, 1.165) is 24.3 Å². The van der Waals surface area contributed by atoms with Gasteiger partial charge in [0.1, 0.15) is 6.54 Å². The van der Waals surface area contributed by atoms with Gasteiger partial charge in [0.15, 0.2) is 0 Å². The normalized spacial score (nSPS) is 12.3. The average Bonchev–Trinajstić information content (AvgIpc) is 2.78. The summed E-state index contributed by atoms with van der Waals surface area (Å²) in [6.45, 7) is -1.05. The van der Waals surface area contributed by atoms with Crippen molar-refractivity contribution in [3.8, 4) is 0 Å². The molecule has 0 bridgehead atoms. The van der Waals surface area contributed by atoms with Gasteiger partial charge in [-0.1, -0.05) is 35.9 Å². The van der Waals surface area contributed by atoms with Gasteiger partial charge in [-0.3, -0.25) is 9.10 Å². The van der Waals surface area contributed by atoms with Gasteiger partial charge < -0.3 is 5.32 Å². The molecule has 0 aliphatic rings. The van der Waals surface area contributed by atoms with E-state index >= 15 is 0 Å². The molecule has 0 aliphatic carbocycles. The predicted octanol–water partition coefficient (Wildman–Crippen LogP) is 6.21. The van der Waals surface area contributed by atoms with Crippen LogP contribution in [0.2, 0.25) is 5.02 Å². The molecule has 13 heteroatoms. The number of halogens is 7. The Hall–Kier alpha value is -3.25. The van der Waals surface area contributed by atoms with Crippen molar-refractivity contribution < 1.29 is 39.6 Å². The maximum atomic E-state index is 13.2. The summed E-state index contributed by atoms with van der Waals surface area (Å²) in [6, 6.07) is 12.0. The zero-order chi connectivity index (χ0) is 26.0. The summed E-state index contributed by atoms with van der Waals surface area (Å²) in [5, 5.41) is 1.83. The molecule has 5 nitrogen and oxygen atoms in total. The number of rotatable bonds is 6. The van der Waals surface area contributed by atoms with Crippen molar-refractivity contribution in [2.24, 2.45) is 0 Å². The van der Waals surface area contributed by atoms with Crippen LogP contribution in [-0.2, 0) is 27.2 Å². The number of carbonyl (C=O) groups is 1. The summed E-state index contributed by atoms with van der Waals surface area (Å²) in [7, 11) is -4.55. The lowest BCUT2D eigenvalue weighted by Gasteiger charge is -2.25. The Balaban J connectivity index is 2.01. The molecule has 186 valence electrons. The van der Waals surface area contributed by atoms with Crippen molar-refractivity contribution in [2.75, 3.05) is 16.2 Å². The summed E-state index contributed by atoms with van der Waals surface area (Å²) in [6.07, 6.45) is -9.54. The van der Waals surface area contributed by atoms with Crippen LogP contribution in [0.4, 0.5) is 37.7 Å². The summed E-state index contributed by atoms with van der Waals surface area (Å²) < 4.78 is 106. The van der Waals surface area contributed by atoms with E-state index in [1.807, 2.05) is 0 Å². The van der Waals surface area contributed by atoms with Gasteiger partial charge in [0.05, 0.1) is 32.4 Å². The highest BCUT2D eigenvalue weighted by molar-refractivity contribution is 7.92. The second-order valence-electron chi connectivity index (χ2n) is 7.11. The van der Waals surface area contributed by atoms with E-state index in [2.05, 4.69) is 5.32 Å². The van der Waals surface area contributed by atoms with Gasteiger partial charge in [-0.2, -0.15) is 26.3 Å². The molecule has 0 radical (unpaired) electrons. The number of hydrogen-bond donors (Lipinski definition) is 1. The number of alkyl halides is 6. The van der Waals surface area contributed by atoms with Crippen LogP contribution in [-0.4, -0.2) is 20.9 Å². The van der Waals surface area contributed by atoms with Gasteiger partial charge in [0, 0.05) is 0 Å². The van der Waals surface area contributed by atoms with Crippen molar-refractivity contribution in [2.45, 2.75) is 17.2 Å². The Morgan fingerprint density at radius 1 is 0.829 bits per heavy atom. The van der Waals surface area contributed by atoms with Gasteiger partial charge in [-0.15, -0.1) is 0 Å². The van der Waals surface area contributed by atoms with Gasteiger partial charge >= 0.3 is 12.4 Å². The van der Waals surface area contributed by atoms with Crippen molar-refractivity contribution in [3.05, 3.63) is 88.9 Å². The first-order chi connectivity index (χ1) is 16.2. The number of nitrogens with one attached hydrogen (secondary N) is 1. The van der Waals surface area contributed by atoms with Crippen LogP contribution in [0.25, 0.3) is 0 Å². The fourth-order valence-corrected chi connectivity index (χ4v) is 4.59. The van der Waals surface area contributed by atoms with Crippen LogP contribution in [0.15, 0.2) is 77.7 Å². The molecule has 0 saturated heterocycles. The molecule has 0 atom stereocenters. The van der Waals surface area contributed by atoms with E-state index in [4.69, 9.17) is 11.6 Å². The van der Waals surface area contributed by atoms with E-state index in [-0.39, 0.29) is 9.92 Å². The predicted molar refractivity (Wildman–Crippen MR) is 118 cm³/mol. The second-order valence-corrected chi connectivity index (χ2v) is 9.38. The topological polar surface area (TPSA) is 66.5 Å². The largest absolute Gasteiger partial charge is 0.416 e. The number of benzene rings is 3. The monoisotopic (exact) mass is 536 g/mol. The Morgan fingerprint density at radius 3 is 2.03 bits per heavy atom. The molecule has 1 N–H and O–H groups in total. The molecule has 3 aromatic carbocycles. The fraction of sp³-hybridized carbons (Fsp3) is 0.136. The van der Waals surface area contributed by atoms with Gasteiger partial charge in [0.2, 0.25) is 5.91 Å². The quantitative estimate of drug-likeness (QED) is 0.381. The van der Waals surface area contributed by atoms with Gasteiger partial charge in [0.25, 0.3) is 10.0 Å². The van der Waals surface area contributed by atoms with Crippen molar-refractivity contribution in [1.29, 1.82) is 0 Å². The lowest BCUT2D eigenvalue weighted by molar-refractivity contribution is -0.138. The number of sulfonamides is 1. The number of anilines is 2. The van der Waals surface area contributed by atoms with Crippen LogP contribution in [0, 0.1) is 0 Å². The van der Waals surface area contributed by atoms with E-state index in [1.165, 1.54) is 30.3 Å². The Labute approximate surface area is 201 Å². The average molecular weight is 537 g/mol. The number of hydrogen-bond acceptors (Lipinski definition) is 3. The lowest BCUT2D eigenvalue weighted by atomic mass is 10.2. The molecule has 0 fully saturated rings. The smallest absolute Gasteiger partial charge is 0.323 e. The standard InChI is InChI=1S/C22H15ClF6N2O3S/c23-18-10-9-15(22(27,28)29)12-19(18)30-20(32)13-31(35(33,34)17-7-2-1-3-8-17)16-6-4-5-14(11-16)21(24,25)26/h1-12H,13H2,(H,30,32). The van der Waals surface area contributed by atoms with Crippen molar-refractivity contribution in [1.82, 2.24) is 0 Å². The zero-order valence-corrected chi connectivity index (χ0v) is 18.9. The Kier molecular flexibility index (Phi) is 7.37. The first-order valence-electron chi connectivity index (χ1n) is 9.61. The van der Waals surface area contributed by atoms with Crippen LogP contribution in [0.5, 0.6) is 0 Å². The fourth-order valence-electron chi connectivity index (χ4n) is 2.99. The summed E-state index contributed by atoms with van der Waals surface area (Å²) in [4.78, 5) is 12.4. The zero-order valence-electron chi connectivity index (χ0n) is 17.4. The molecule has 0 heterocycles. The third-order valence-electron chi connectivity index (χ3n) is 4.65. The maximum absolute atomic E-state index is 13.2. The summed E-state index contributed by atoms with van der Waals surface area (Å²) in [5.41, 5.74) is -3.21. The molecular formula is C22H15ClF6N2O3S. The minimum absolute atomic E-state index is 0.261. The second kappa shape index (κ2) is 9.78. The molecule has 0 unspecified atom stereocenters. The van der Waals surface area contributed by atoms with Crippen molar-refractivity contribution in [3.63, 3.8) is 0 Å². The van der Waals surface area contributed by atoms with E-state index in [9.17, 15) is 39.6 Å². The number of carbonyl (C=O) groups excluding carboxylic acids is 1. The SMILES string of the molecule is O=C(CN(c1cccc(C(F)(F)F)c1)S(=O)(=O)c1ccccc1)Nc1cc(C(F)(F)F)ccc1Cl. The maximum Gasteiger partial charge on any atom is 0.416 e. The highest BCUT2D eigenvalue weighted by Crippen LogP contribution is 2.35. The third kappa shape index (κ3) is 6.25. The van der Waals surface area contributed by atoms with Crippen molar-refractivity contribution >= 4 is 38.9 Å². The van der Waals surface area contributed by atoms with E-state index in [1.54, 1.807) is 0 Å². The summed E-state index contributed by atoms with van der Waals surface area (Å²) in [5.74, 6) is -1.14. The Morgan fingerprint density at radius 2 is 1.43 bits per heavy atom. The molecular weight excluding hydrogens is 522 g/mol. The molecule has 0 spiro atoms. The van der Waals surface area contributed by atoms with Crippen LogP contribution in [0.1, 0.15) is 11.1 Å². The number of nitrogens with zero attached hydrogens (tertiary/aromatic N) is 1. The molecule has 0 saturated carbocycles. The minimum atomic E-state index is -4.80. The molecule has 0 aromatic heterocycles. The molecule has 3 aromatic rings. The highest BCUT2D eigenvalue weighted by atomic mass is 35.5. The highest BCUT2D eigenvalue weighted by Gasteiger charge is 2.34. The van der Waals surface area contributed by atoms with Crippen LogP contribution in [0.3, 0.4) is 0 Å². The first kappa shape index (κ1) is 26.4. The molecule has 3 rings (SSSR count). The molecule has 0 aliphatic heterocycles. The van der Waals surface area contributed by atoms with E-state index < -0.39 is 57.3 Å². The minimum Gasteiger partial charge on any atom is -0.323 e. The van der Waals surface area contributed by atoms with Gasteiger partial charge in [-0.25, -0.2) is 8.42 Å². The number of amides is 1. The molecule has 1 amide bonds. The van der Waals surface area contributed by atoms with Crippen LogP contribution >= 0.6 is 11.6 Å². The Bertz CT molecular complexity index is 1330.